The second kappa shape index (κ2) is 15.5. The summed E-state index contributed by atoms with van der Waals surface area (Å²) < 4.78 is 68.2. The average molecular weight is 661 g/mol. The first kappa shape index (κ1) is 35.8. The van der Waals surface area contributed by atoms with Gasteiger partial charge in [0.25, 0.3) is 11.8 Å². The van der Waals surface area contributed by atoms with Gasteiger partial charge >= 0.3 is 0 Å². The lowest BCUT2D eigenvalue weighted by atomic mass is 9.90. The molecule has 3 aliphatic carbocycles. The van der Waals surface area contributed by atoms with E-state index in [4.69, 9.17) is 0 Å². The Morgan fingerprint density at radius 2 is 0.955 bits per heavy atom. The minimum atomic E-state index is -4.46. The third-order valence-electron chi connectivity index (χ3n) is 8.39. The number of ketones is 2. The van der Waals surface area contributed by atoms with Gasteiger partial charge in [0.15, 0.2) is 11.6 Å². The molecule has 3 rings (SSSR count). The molecule has 3 aliphatic rings. The highest BCUT2D eigenvalue weighted by Crippen LogP contribution is 2.27. The van der Waals surface area contributed by atoms with E-state index < -0.39 is 78.3 Å². The van der Waals surface area contributed by atoms with Crippen LogP contribution in [0.1, 0.15) is 90.9 Å². The molecule has 18 heteroatoms. The van der Waals surface area contributed by atoms with Gasteiger partial charge < -0.3 is 19.7 Å². The molecule has 0 saturated heterocycles. The van der Waals surface area contributed by atoms with Crippen molar-refractivity contribution in [3.05, 3.63) is 0 Å². The Bertz CT molecular complexity index is 1240. The van der Waals surface area contributed by atoms with E-state index in [0.717, 1.165) is 0 Å². The van der Waals surface area contributed by atoms with Crippen molar-refractivity contribution in [3.8, 4) is 0 Å². The van der Waals surface area contributed by atoms with Crippen LogP contribution in [-0.4, -0.2) is 96.1 Å². The Kier molecular flexibility index (Phi) is 12.6. The molecule has 6 atom stereocenters. The Morgan fingerprint density at radius 1 is 0.614 bits per heavy atom. The molecule has 248 valence electrons. The van der Waals surface area contributed by atoms with Gasteiger partial charge in [0.05, 0.1) is 42.8 Å². The van der Waals surface area contributed by atoms with E-state index >= 15 is 0 Å². The Hall–Kier alpha value is -2.70. The van der Waals surface area contributed by atoms with Crippen molar-refractivity contribution in [2.45, 2.75) is 138 Å². The zero-order chi connectivity index (χ0) is 32.7. The summed E-state index contributed by atoms with van der Waals surface area (Å²) in [6.07, 6.45) is 4.26. The molecule has 0 aromatic rings. The second-order valence-electron chi connectivity index (χ2n) is 11.9. The summed E-state index contributed by atoms with van der Waals surface area (Å²) in [4.78, 5) is 50.0. The van der Waals surface area contributed by atoms with Crippen molar-refractivity contribution < 1.29 is 45.1 Å². The lowest BCUT2D eigenvalue weighted by Gasteiger charge is -2.30. The minimum absolute atomic E-state index is 0.00400. The highest BCUT2D eigenvalue weighted by molar-refractivity contribution is 7.86. The monoisotopic (exact) mass is 660 g/mol. The molecule has 3 fully saturated rings. The summed E-state index contributed by atoms with van der Waals surface area (Å²) in [5.41, 5.74) is 0. The molecule has 2 amide bonds. The maximum absolute atomic E-state index is 12.8. The fourth-order valence-corrected chi connectivity index (χ4v) is 7.70. The van der Waals surface area contributed by atoms with Gasteiger partial charge in [0.2, 0.25) is 12.1 Å². The van der Waals surface area contributed by atoms with Crippen LogP contribution in [0.15, 0.2) is 20.5 Å². The Morgan fingerprint density at radius 3 is 1.25 bits per heavy atom. The summed E-state index contributed by atoms with van der Waals surface area (Å²) in [6, 6.07) is -4.58. The Balaban J connectivity index is 1.49. The molecule has 0 radical (unpaired) electrons. The van der Waals surface area contributed by atoms with E-state index in [9.17, 15) is 45.1 Å². The molecule has 2 N–H and O–H groups in total. The van der Waals surface area contributed by atoms with Crippen LogP contribution in [0, 0.1) is 0 Å². The van der Waals surface area contributed by atoms with E-state index in [1.807, 2.05) is 0 Å². The SMILES string of the molecule is CC(=O)C(N=NC1CCCC(S(=O)(=O)[O-])C1)C(=O)NC1CCC(NC(=O)C(N=NC2CCCC(S(=O)(=O)[O-])C2)C(C)=O)CC1. The zero-order valence-corrected chi connectivity index (χ0v) is 26.4. The quantitative estimate of drug-likeness (QED) is 0.171. The topological polar surface area (TPSA) is 256 Å². The van der Waals surface area contributed by atoms with Crippen LogP contribution in [0.2, 0.25) is 0 Å². The lowest BCUT2D eigenvalue weighted by molar-refractivity contribution is -0.132. The molecule has 0 aromatic heterocycles. The van der Waals surface area contributed by atoms with E-state index in [0.29, 0.717) is 51.4 Å². The summed E-state index contributed by atoms with van der Waals surface area (Å²) in [5, 5.41) is 19.3. The number of Topliss-reactive ketones (excluding diaryl/α,β-unsaturated/α-hetero) is 2. The molecule has 0 aromatic carbocycles. The normalized spacial score (nSPS) is 30.0. The van der Waals surface area contributed by atoms with Crippen molar-refractivity contribution in [2.75, 3.05) is 0 Å². The number of carbonyl (C=O) groups is 4. The van der Waals surface area contributed by atoms with Gasteiger partial charge in [0.1, 0.15) is 0 Å². The summed E-state index contributed by atoms with van der Waals surface area (Å²) >= 11 is 0. The molecule has 3 saturated carbocycles. The standard InChI is InChI=1S/C26H42N6O10S2/c1-15(33)23(31-29-19-5-3-7-21(13-19)43(37,38)39)25(35)27-17-9-11-18(12-10-17)28-26(36)24(16(2)34)32-30-20-6-4-8-22(14-20)44(40,41)42/h17-24H,3-14H2,1-2H3,(H,27,35)(H,28,36)(H,37,38,39)(H,40,41,42)/p-2. The highest BCUT2D eigenvalue weighted by atomic mass is 32.2. The number of amides is 2. The number of carbonyl (C=O) groups excluding carboxylic acids is 4. The predicted molar refractivity (Wildman–Crippen MR) is 152 cm³/mol. The predicted octanol–water partition coefficient (Wildman–Crippen LogP) is 1.06. The van der Waals surface area contributed by atoms with Gasteiger partial charge in [-0.25, -0.2) is 16.8 Å². The molecule has 0 aliphatic heterocycles. The Labute approximate surface area is 257 Å². The van der Waals surface area contributed by atoms with Gasteiger partial charge in [-0.1, -0.05) is 12.8 Å². The van der Waals surface area contributed by atoms with Crippen LogP contribution < -0.4 is 10.6 Å². The fourth-order valence-electron chi connectivity index (χ4n) is 5.88. The van der Waals surface area contributed by atoms with E-state index in [1.165, 1.54) is 13.8 Å². The maximum atomic E-state index is 12.8. The first-order valence-electron chi connectivity index (χ1n) is 14.9. The summed E-state index contributed by atoms with van der Waals surface area (Å²) in [7, 11) is -8.93. The minimum Gasteiger partial charge on any atom is -0.748 e. The molecular formula is C26H40N6O10S2-2. The second-order valence-corrected chi connectivity index (χ2v) is 15.2. The number of nitrogens with zero attached hydrogens (tertiary/aromatic N) is 4. The van der Waals surface area contributed by atoms with Crippen LogP contribution in [-0.2, 0) is 39.4 Å². The molecule has 44 heavy (non-hydrogen) atoms. The molecule has 6 unspecified atom stereocenters. The average Bonchev–Trinajstić information content (AvgIpc) is 2.93. The van der Waals surface area contributed by atoms with Gasteiger partial charge in [-0.3, -0.25) is 19.2 Å². The fraction of sp³-hybridized carbons (Fsp3) is 0.846. The number of azo groups is 2. The summed E-state index contributed by atoms with van der Waals surface area (Å²) in [6.45, 7) is 2.39. The third-order valence-corrected chi connectivity index (χ3v) is 10.9. The first-order chi connectivity index (χ1) is 20.5. The molecule has 0 spiro atoms. The van der Waals surface area contributed by atoms with Crippen molar-refractivity contribution >= 4 is 43.6 Å². The maximum Gasteiger partial charge on any atom is 0.254 e. The van der Waals surface area contributed by atoms with Crippen LogP contribution in [0.25, 0.3) is 0 Å². The van der Waals surface area contributed by atoms with Crippen LogP contribution >= 0.6 is 0 Å². The van der Waals surface area contributed by atoms with Crippen LogP contribution in [0.3, 0.4) is 0 Å². The number of hydrogen-bond acceptors (Lipinski definition) is 14. The molecule has 16 nitrogen and oxygen atoms in total. The molecular weight excluding hydrogens is 620 g/mol. The van der Waals surface area contributed by atoms with Gasteiger partial charge in [-0.05, 0) is 78.1 Å². The first-order valence-corrected chi connectivity index (χ1v) is 17.8. The third kappa shape index (κ3) is 10.7. The van der Waals surface area contributed by atoms with E-state index in [-0.39, 0.29) is 37.8 Å². The van der Waals surface area contributed by atoms with Crippen molar-refractivity contribution in [1.82, 2.24) is 10.6 Å². The van der Waals surface area contributed by atoms with E-state index in [2.05, 4.69) is 31.1 Å². The van der Waals surface area contributed by atoms with Crippen LogP contribution in [0.4, 0.5) is 0 Å². The van der Waals surface area contributed by atoms with E-state index in [1.54, 1.807) is 0 Å². The van der Waals surface area contributed by atoms with Gasteiger partial charge in [-0.2, -0.15) is 20.5 Å². The number of hydrogen-bond donors (Lipinski definition) is 2. The number of nitrogens with one attached hydrogen (secondary N) is 2. The van der Waals surface area contributed by atoms with Crippen LogP contribution in [0.5, 0.6) is 0 Å². The largest absolute Gasteiger partial charge is 0.748 e. The smallest absolute Gasteiger partial charge is 0.254 e. The van der Waals surface area contributed by atoms with Crippen molar-refractivity contribution in [1.29, 1.82) is 0 Å². The highest BCUT2D eigenvalue weighted by Gasteiger charge is 2.33. The van der Waals surface area contributed by atoms with Gasteiger partial charge in [-0.15, -0.1) is 0 Å². The number of rotatable bonds is 12. The zero-order valence-electron chi connectivity index (χ0n) is 24.8. The lowest BCUT2D eigenvalue weighted by Crippen LogP contribution is -2.49. The molecule has 0 bridgehead atoms. The summed E-state index contributed by atoms with van der Waals surface area (Å²) in [5.74, 6) is -2.38. The van der Waals surface area contributed by atoms with Crippen molar-refractivity contribution in [3.63, 3.8) is 0 Å². The molecule has 0 heterocycles. The van der Waals surface area contributed by atoms with Gasteiger partial charge in [0, 0.05) is 12.1 Å². The van der Waals surface area contributed by atoms with Crippen molar-refractivity contribution in [2.24, 2.45) is 20.5 Å².